The summed E-state index contributed by atoms with van der Waals surface area (Å²) in [7, 11) is 0. The molecule has 0 bridgehead atoms. The molecule has 0 atom stereocenters. The van der Waals surface area contributed by atoms with Gasteiger partial charge in [-0.05, 0) is 30.7 Å². The van der Waals surface area contributed by atoms with E-state index in [4.69, 9.17) is 14.6 Å². The van der Waals surface area contributed by atoms with E-state index in [1.54, 1.807) is 28.7 Å². The van der Waals surface area contributed by atoms with Crippen LogP contribution in [0.3, 0.4) is 0 Å². The van der Waals surface area contributed by atoms with Crippen LogP contribution in [-0.4, -0.2) is 31.1 Å². The Hall–Kier alpha value is -3.20. The molecule has 32 heavy (non-hydrogen) atoms. The van der Waals surface area contributed by atoms with Gasteiger partial charge in [-0.25, -0.2) is 18.4 Å². The van der Waals surface area contributed by atoms with Crippen molar-refractivity contribution in [2.45, 2.75) is 30.2 Å². The van der Waals surface area contributed by atoms with Crippen LogP contribution in [0.5, 0.6) is 0 Å². The van der Waals surface area contributed by atoms with Gasteiger partial charge in [0.15, 0.2) is 0 Å². The Bertz CT molecular complexity index is 1260. The van der Waals surface area contributed by atoms with Gasteiger partial charge in [0.25, 0.3) is 0 Å². The van der Waals surface area contributed by atoms with Crippen molar-refractivity contribution in [3.8, 4) is 27.5 Å². The molecule has 0 saturated heterocycles. The van der Waals surface area contributed by atoms with E-state index >= 15 is 0 Å². The van der Waals surface area contributed by atoms with Crippen LogP contribution in [-0.2, 0) is 9.59 Å². The highest BCUT2D eigenvalue weighted by atomic mass is 32.2. The third kappa shape index (κ3) is 5.53. The van der Waals surface area contributed by atoms with Crippen molar-refractivity contribution in [3.63, 3.8) is 0 Å². The molecule has 0 amide bonds. The predicted molar refractivity (Wildman–Crippen MR) is 119 cm³/mol. The van der Waals surface area contributed by atoms with Gasteiger partial charge < -0.3 is 0 Å². The summed E-state index contributed by atoms with van der Waals surface area (Å²) in [6, 6.07) is 7.86. The lowest BCUT2D eigenvalue weighted by molar-refractivity contribution is -0.191. The van der Waals surface area contributed by atoms with E-state index in [1.165, 1.54) is 35.7 Å². The number of pyridine rings is 1. The molecule has 0 N–H and O–H groups in total. The first-order chi connectivity index (χ1) is 15.3. The van der Waals surface area contributed by atoms with Gasteiger partial charge in [-0.15, -0.1) is 11.8 Å². The Balaban J connectivity index is 0.000000913. The summed E-state index contributed by atoms with van der Waals surface area (Å²) in [6.45, 7) is 6.07. The fourth-order valence-corrected chi connectivity index (χ4v) is 5.36. The highest BCUT2D eigenvalue weighted by Gasteiger charge is 2.19. The molecule has 0 aliphatic rings. The van der Waals surface area contributed by atoms with Crippen LogP contribution >= 0.6 is 23.1 Å². The summed E-state index contributed by atoms with van der Waals surface area (Å²) in [5.41, 5.74) is 3.70. The number of hydrogen-bond acceptors (Lipinski definition) is 7. The zero-order chi connectivity index (χ0) is 23.3. The first-order valence-electron chi connectivity index (χ1n) is 9.42. The van der Waals surface area contributed by atoms with Crippen molar-refractivity contribution in [1.82, 2.24) is 19.7 Å². The zero-order valence-electron chi connectivity index (χ0n) is 17.4. The van der Waals surface area contributed by atoms with E-state index < -0.39 is 5.82 Å². The Morgan fingerprint density at radius 3 is 2.47 bits per heavy atom. The third-order valence-electron chi connectivity index (χ3n) is 4.14. The molecule has 6 nitrogen and oxygen atoms in total. The number of carbonyl (C=O) groups excluding carboxylic acids is 2. The lowest BCUT2D eigenvalue weighted by Crippen LogP contribution is -1.94. The number of halogens is 2. The normalized spacial score (nSPS) is 10.6. The lowest BCUT2D eigenvalue weighted by Gasteiger charge is -2.04. The molecule has 164 valence electrons. The standard InChI is InChI=1S/C21H18F2N4S2.CO2/c1-12(2)28-20-19(15-8-17(23)10-24-9-15)25-21(29-20)27-11-18(13(3)26-27)14-5-4-6-16(22)7-14;2-1-3/h4-12H,1-3H3;. The minimum atomic E-state index is -0.402. The van der Waals surface area contributed by atoms with Gasteiger partial charge in [0, 0.05) is 28.8 Å². The van der Waals surface area contributed by atoms with Crippen molar-refractivity contribution in [2.75, 3.05) is 0 Å². The van der Waals surface area contributed by atoms with Gasteiger partial charge in [-0.2, -0.15) is 14.7 Å². The Morgan fingerprint density at radius 1 is 1.09 bits per heavy atom. The molecule has 4 rings (SSSR count). The molecule has 0 unspecified atom stereocenters. The number of rotatable bonds is 5. The number of thioether (sulfide) groups is 1. The van der Waals surface area contributed by atoms with Crippen molar-refractivity contribution in [2.24, 2.45) is 0 Å². The van der Waals surface area contributed by atoms with Crippen LogP contribution < -0.4 is 0 Å². The maximum Gasteiger partial charge on any atom is 0.373 e. The second-order valence-corrected chi connectivity index (χ2v) is 9.68. The summed E-state index contributed by atoms with van der Waals surface area (Å²) in [5, 5.41) is 5.58. The number of nitrogens with zero attached hydrogens (tertiary/aromatic N) is 4. The SMILES string of the molecule is Cc1nn(-c2nc(-c3cncc(F)c3)c(SC(C)C)s2)cc1-c1cccc(F)c1.O=C=O. The van der Waals surface area contributed by atoms with Crippen LogP contribution in [0.4, 0.5) is 8.78 Å². The second-order valence-electron chi connectivity index (χ2n) is 6.86. The van der Waals surface area contributed by atoms with Crippen molar-refractivity contribution < 1.29 is 18.4 Å². The molecule has 3 aromatic heterocycles. The fourth-order valence-electron chi connectivity index (χ4n) is 2.91. The average molecular weight is 473 g/mol. The van der Waals surface area contributed by atoms with Gasteiger partial charge in [-0.3, -0.25) is 4.98 Å². The molecule has 0 aliphatic heterocycles. The molecular weight excluding hydrogens is 454 g/mol. The number of benzene rings is 1. The molecular formula is C22H18F2N4O2S2. The van der Waals surface area contributed by atoms with E-state index in [0.717, 1.165) is 21.0 Å². The van der Waals surface area contributed by atoms with Crippen LogP contribution in [0.1, 0.15) is 19.5 Å². The van der Waals surface area contributed by atoms with Gasteiger partial charge >= 0.3 is 6.15 Å². The Labute approximate surface area is 191 Å². The topological polar surface area (TPSA) is 77.7 Å². The molecule has 1 aromatic carbocycles. The highest BCUT2D eigenvalue weighted by molar-refractivity contribution is 8.01. The molecule has 0 fully saturated rings. The minimum Gasteiger partial charge on any atom is -0.261 e. The first kappa shape index (κ1) is 23.5. The van der Waals surface area contributed by atoms with Gasteiger partial charge in [-0.1, -0.05) is 37.3 Å². The van der Waals surface area contributed by atoms with Crippen molar-refractivity contribution >= 4 is 29.3 Å². The van der Waals surface area contributed by atoms with E-state index in [9.17, 15) is 8.78 Å². The second kappa shape index (κ2) is 10.4. The van der Waals surface area contributed by atoms with E-state index in [-0.39, 0.29) is 12.0 Å². The first-order valence-corrected chi connectivity index (χ1v) is 11.1. The average Bonchev–Trinajstić information content (AvgIpc) is 3.32. The van der Waals surface area contributed by atoms with Crippen LogP contribution in [0.25, 0.3) is 27.5 Å². The summed E-state index contributed by atoms with van der Waals surface area (Å²) >= 11 is 3.16. The smallest absolute Gasteiger partial charge is 0.261 e. The largest absolute Gasteiger partial charge is 0.373 e. The maximum atomic E-state index is 13.7. The molecule has 0 saturated carbocycles. The number of thiazole rings is 1. The monoisotopic (exact) mass is 472 g/mol. The number of aromatic nitrogens is 4. The Kier molecular flexibility index (Phi) is 7.63. The van der Waals surface area contributed by atoms with Crippen LogP contribution in [0, 0.1) is 18.6 Å². The molecule has 4 aromatic rings. The zero-order valence-corrected chi connectivity index (χ0v) is 19.0. The van der Waals surface area contributed by atoms with E-state index in [0.29, 0.717) is 21.6 Å². The quantitative estimate of drug-likeness (QED) is 0.354. The van der Waals surface area contributed by atoms with Gasteiger partial charge in [0.2, 0.25) is 5.13 Å². The lowest BCUT2D eigenvalue weighted by atomic mass is 10.1. The van der Waals surface area contributed by atoms with E-state index in [2.05, 4.69) is 23.9 Å². The van der Waals surface area contributed by atoms with Crippen LogP contribution in [0.2, 0.25) is 0 Å². The van der Waals surface area contributed by atoms with E-state index in [1.807, 2.05) is 19.2 Å². The summed E-state index contributed by atoms with van der Waals surface area (Å²) < 4.78 is 30.0. The maximum absolute atomic E-state index is 13.7. The molecule has 0 aliphatic carbocycles. The van der Waals surface area contributed by atoms with Crippen LogP contribution in [0.15, 0.2) is 53.1 Å². The van der Waals surface area contributed by atoms with Crippen molar-refractivity contribution in [1.29, 1.82) is 0 Å². The van der Waals surface area contributed by atoms with Crippen molar-refractivity contribution in [3.05, 3.63) is 66.3 Å². The molecule has 10 heteroatoms. The molecule has 0 radical (unpaired) electrons. The minimum absolute atomic E-state index is 0.250. The van der Waals surface area contributed by atoms with Gasteiger partial charge in [0.05, 0.1) is 21.8 Å². The number of aryl methyl sites for hydroxylation is 1. The Morgan fingerprint density at radius 2 is 1.81 bits per heavy atom. The fraction of sp³-hybridized carbons (Fsp3) is 0.182. The third-order valence-corrected chi connectivity index (χ3v) is 6.39. The predicted octanol–water partition coefficient (Wildman–Crippen LogP) is 5.56. The number of hydrogen-bond donors (Lipinski definition) is 0. The summed E-state index contributed by atoms with van der Waals surface area (Å²) in [6.07, 6.45) is 4.88. The highest BCUT2D eigenvalue weighted by Crippen LogP contribution is 2.39. The molecule has 0 spiro atoms. The summed E-state index contributed by atoms with van der Waals surface area (Å²) in [4.78, 5) is 24.9. The summed E-state index contributed by atoms with van der Waals surface area (Å²) in [5.74, 6) is -0.693. The molecule has 3 heterocycles. The van der Waals surface area contributed by atoms with Gasteiger partial charge in [0.1, 0.15) is 11.6 Å².